The van der Waals surface area contributed by atoms with Crippen LogP contribution in [0.5, 0.6) is 5.75 Å². The van der Waals surface area contributed by atoms with Crippen LogP contribution in [0, 0.1) is 0 Å². The standard InChI is InChI=1S/C50H35N3O2/c1-53-43-29-35(27-28-39(43)49-46(40-18-9-11-22-45(40)55-49)47(53)34-15-6-3-7-16-34)50-51-41(32-13-4-2-5-14-32)30-42(52-50)33-25-23-31(24-26-33)36-19-12-20-38-37-17-8-10-21-44(37)54-48(36)38/h2-30,37,44,47H,1H3. The number of allylic oxidation sites excluding steroid dienone is 2. The lowest BCUT2D eigenvalue weighted by atomic mass is 9.87. The average Bonchev–Trinajstić information content (AvgIpc) is 3.83. The Morgan fingerprint density at radius 2 is 1.27 bits per heavy atom. The molecule has 0 amide bonds. The maximum Gasteiger partial charge on any atom is 0.160 e. The van der Waals surface area contributed by atoms with Gasteiger partial charge < -0.3 is 14.1 Å². The molecule has 4 heterocycles. The van der Waals surface area contributed by atoms with Crippen molar-refractivity contribution in [3.63, 3.8) is 0 Å². The molecule has 11 rings (SSSR count). The van der Waals surface area contributed by atoms with E-state index in [1.54, 1.807) is 0 Å². The van der Waals surface area contributed by atoms with Crippen molar-refractivity contribution in [2.24, 2.45) is 0 Å². The SMILES string of the molecule is CN1c2cc(-c3nc(-c4ccccc4)cc(-c4ccc(-c5cccc6c5OC5C=CC=CC65)cc4)n3)ccc2-c2oc3ccccc3c2C1c1ccccc1. The molecule has 3 unspecified atom stereocenters. The first-order valence-corrected chi connectivity index (χ1v) is 18.8. The van der Waals surface area contributed by atoms with Crippen LogP contribution < -0.4 is 9.64 Å². The van der Waals surface area contributed by atoms with Gasteiger partial charge in [-0.3, -0.25) is 0 Å². The summed E-state index contributed by atoms with van der Waals surface area (Å²) >= 11 is 0. The quantitative estimate of drug-likeness (QED) is 0.178. The van der Waals surface area contributed by atoms with Crippen LogP contribution in [0.3, 0.4) is 0 Å². The summed E-state index contributed by atoms with van der Waals surface area (Å²) in [7, 11) is 2.17. The third-order valence-electron chi connectivity index (χ3n) is 11.3. The van der Waals surface area contributed by atoms with E-state index in [2.05, 4.69) is 176 Å². The Morgan fingerprint density at radius 3 is 2.09 bits per heavy atom. The normalized spacial score (nSPS) is 17.7. The molecule has 0 fully saturated rings. The Balaban J connectivity index is 1.02. The minimum atomic E-state index is -0.0264. The molecule has 1 aliphatic carbocycles. The van der Waals surface area contributed by atoms with Crippen LogP contribution in [0.25, 0.3) is 67.3 Å². The molecule has 55 heavy (non-hydrogen) atoms. The first kappa shape index (κ1) is 31.5. The zero-order chi connectivity index (χ0) is 36.5. The highest BCUT2D eigenvalue weighted by atomic mass is 16.5. The highest BCUT2D eigenvalue weighted by Crippen LogP contribution is 2.51. The Labute approximate surface area is 319 Å². The van der Waals surface area contributed by atoms with E-state index in [9.17, 15) is 0 Å². The first-order valence-electron chi connectivity index (χ1n) is 18.8. The second-order valence-corrected chi connectivity index (χ2v) is 14.5. The van der Waals surface area contributed by atoms with Crippen LogP contribution in [-0.2, 0) is 0 Å². The summed E-state index contributed by atoms with van der Waals surface area (Å²) in [5.41, 5.74) is 13.6. The van der Waals surface area contributed by atoms with Crippen LogP contribution in [0.15, 0.2) is 180 Å². The number of aromatic nitrogens is 2. The van der Waals surface area contributed by atoms with Gasteiger partial charge in [0.25, 0.3) is 0 Å². The van der Waals surface area contributed by atoms with Gasteiger partial charge >= 0.3 is 0 Å². The second kappa shape index (κ2) is 12.6. The summed E-state index contributed by atoms with van der Waals surface area (Å²) in [5.74, 6) is 2.80. The summed E-state index contributed by atoms with van der Waals surface area (Å²) in [5, 5.41) is 1.14. The highest BCUT2D eigenvalue weighted by Gasteiger charge is 2.36. The molecule has 262 valence electrons. The van der Waals surface area contributed by atoms with Gasteiger partial charge in [-0.15, -0.1) is 0 Å². The molecule has 0 saturated heterocycles. The van der Waals surface area contributed by atoms with Gasteiger partial charge in [0.15, 0.2) is 5.82 Å². The van der Waals surface area contributed by atoms with Gasteiger partial charge in [-0.1, -0.05) is 146 Å². The molecular weight excluding hydrogens is 675 g/mol. The van der Waals surface area contributed by atoms with E-state index < -0.39 is 0 Å². The topological polar surface area (TPSA) is 51.4 Å². The highest BCUT2D eigenvalue weighted by molar-refractivity contribution is 5.96. The van der Waals surface area contributed by atoms with Crippen molar-refractivity contribution in [1.82, 2.24) is 9.97 Å². The third-order valence-corrected chi connectivity index (χ3v) is 11.3. The Hall–Kier alpha value is -6.98. The van der Waals surface area contributed by atoms with Gasteiger partial charge in [0, 0.05) is 63.0 Å². The van der Waals surface area contributed by atoms with E-state index in [0.717, 1.165) is 72.9 Å². The van der Waals surface area contributed by atoms with Gasteiger partial charge in [-0.25, -0.2) is 9.97 Å². The Morgan fingerprint density at radius 1 is 0.582 bits per heavy atom. The number of hydrogen-bond donors (Lipinski definition) is 0. The predicted octanol–water partition coefficient (Wildman–Crippen LogP) is 12.1. The molecule has 3 aliphatic rings. The van der Waals surface area contributed by atoms with E-state index in [4.69, 9.17) is 19.1 Å². The molecule has 8 aromatic rings. The molecule has 0 radical (unpaired) electrons. The zero-order valence-corrected chi connectivity index (χ0v) is 30.1. The van der Waals surface area contributed by atoms with E-state index in [-0.39, 0.29) is 18.1 Å². The smallest absolute Gasteiger partial charge is 0.160 e. The molecule has 6 aromatic carbocycles. The van der Waals surface area contributed by atoms with Gasteiger partial charge in [0.05, 0.1) is 17.4 Å². The second-order valence-electron chi connectivity index (χ2n) is 14.5. The summed E-state index contributed by atoms with van der Waals surface area (Å²) < 4.78 is 13.1. The number of fused-ring (bicyclic) bond motifs is 8. The van der Waals surface area contributed by atoms with Crippen molar-refractivity contribution < 1.29 is 9.15 Å². The lowest BCUT2D eigenvalue weighted by Gasteiger charge is -2.36. The largest absolute Gasteiger partial charge is 0.484 e. The number of furan rings is 1. The molecule has 0 bridgehead atoms. The monoisotopic (exact) mass is 709 g/mol. The number of benzene rings is 6. The first-order chi connectivity index (χ1) is 27.2. The van der Waals surface area contributed by atoms with Crippen LogP contribution in [0.4, 0.5) is 5.69 Å². The third kappa shape index (κ3) is 5.15. The molecule has 5 nitrogen and oxygen atoms in total. The molecule has 0 saturated carbocycles. The van der Waals surface area contributed by atoms with E-state index in [1.807, 2.05) is 12.1 Å². The van der Waals surface area contributed by atoms with E-state index in [1.165, 1.54) is 16.7 Å². The molecule has 3 atom stereocenters. The fourth-order valence-corrected chi connectivity index (χ4v) is 8.64. The molecular formula is C50H35N3O2. The molecule has 5 heteroatoms. The molecule has 2 aliphatic heterocycles. The lowest BCUT2D eigenvalue weighted by molar-refractivity contribution is 0.270. The van der Waals surface area contributed by atoms with Crippen molar-refractivity contribution in [1.29, 1.82) is 0 Å². The zero-order valence-electron chi connectivity index (χ0n) is 30.1. The van der Waals surface area contributed by atoms with Crippen LogP contribution >= 0.6 is 0 Å². The van der Waals surface area contributed by atoms with Gasteiger partial charge in [-0.2, -0.15) is 0 Å². The maximum absolute atomic E-state index is 6.64. The average molecular weight is 710 g/mol. The summed E-state index contributed by atoms with van der Waals surface area (Å²) in [6, 6.07) is 53.1. The van der Waals surface area contributed by atoms with Crippen molar-refractivity contribution in [3.8, 4) is 62.1 Å². The molecule has 2 aromatic heterocycles. The number of para-hydroxylation sites is 2. The fourth-order valence-electron chi connectivity index (χ4n) is 8.64. The fraction of sp³-hybridized carbons (Fsp3) is 0.0800. The molecule has 0 spiro atoms. The number of anilines is 1. The number of rotatable bonds is 5. The van der Waals surface area contributed by atoms with Gasteiger partial charge in [0.1, 0.15) is 23.2 Å². The molecule has 0 N–H and O–H groups in total. The van der Waals surface area contributed by atoms with Crippen LogP contribution in [0.1, 0.15) is 28.7 Å². The van der Waals surface area contributed by atoms with E-state index >= 15 is 0 Å². The van der Waals surface area contributed by atoms with Crippen LogP contribution in [-0.4, -0.2) is 23.1 Å². The van der Waals surface area contributed by atoms with Crippen molar-refractivity contribution in [2.75, 3.05) is 11.9 Å². The van der Waals surface area contributed by atoms with Crippen LogP contribution in [0.2, 0.25) is 0 Å². The summed E-state index contributed by atoms with van der Waals surface area (Å²) in [6.07, 6.45) is 8.61. The summed E-state index contributed by atoms with van der Waals surface area (Å²) in [4.78, 5) is 12.8. The Bertz CT molecular complexity index is 2820. The van der Waals surface area contributed by atoms with Gasteiger partial charge in [-0.05, 0) is 41.5 Å². The van der Waals surface area contributed by atoms with Gasteiger partial charge in [0.2, 0.25) is 0 Å². The minimum Gasteiger partial charge on any atom is -0.484 e. The maximum atomic E-state index is 6.64. The lowest BCUT2D eigenvalue weighted by Crippen LogP contribution is -2.28. The van der Waals surface area contributed by atoms with Crippen molar-refractivity contribution in [2.45, 2.75) is 18.1 Å². The number of ether oxygens (including phenoxy) is 1. The summed E-state index contributed by atoms with van der Waals surface area (Å²) in [6.45, 7) is 0. The predicted molar refractivity (Wildman–Crippen MR) is 221 cm³/mol. The minimum absolute atomic E-state index is 0.0264. The van der Waals surface area contributed by atoms with Crippen molar-refractivity contribution in [3.05, 3.63) is 193 Å². The number of nitrogens with zero attached hydrogens (tertiary/aromatic N) is 3. The number of hydrogen-bond acceptors (Lipinski definition) is 5. The Kier molecular flexibility index (Phi) is 7.21. The van der Waals surface area contributed by atoms with E-state index in [0.29, 0.717) is 5.82 Å². The van der Waals surface area contributed by atoms with Crippen molar-refractivity contribution >= 4 is 16.7 Å².